The molecule has 1 atom stereocenters. The second-order valence-electron chi connectivity index (χ2n) is 3.05. The van der Waals surface area contributed by atoms with Crippen LogP contribution in [-0.2, 0) is 0 Å². The van der Waals surface area contributed by atoms with E-state index >= 15 is 0 Å². The van der Waals surface area contributed by atoms with E-state index in [1.165, 1.54) is 5.75 Å². The second kappa shape index (κ2) is 4.68. The van der Waals surface area contributed by atoms with Crippen molar-refractivity contribution >= 4 is 40.6 Å². The first-order chi connectivity index (χ1) is 6.77. The van der Waals surface area contributed by atoms with Crippen LogP contribution in [0, 0.1) is 6.92 Å². The number of carbonyl (C=O) groups excluding carboxylic acids is 1. The SMILES string of the molecule is Cc1nc(C(=O)C2CSCCS2)cs1. The van der Waals surface area contributed by atoms with E-state index in [-0.39, 0.29) is 11.0 Å². The Morgan fingerprint density at radius 1 is 1.57 bits per heavy atom. The lowest BCUT2D eigenvalue weighted by Crippen LogP contribution is -2.24. The molecule has 1 aromatic heterocycles. The van der Waals surface area contributed by atoms with Crippen LogP contribution in [0.4, 0.5) is 0 Å². The van der Waals surface area contributed by atoms with Gasteiger partial charge in [0.05, 0.1) is 10.3 Å². The Morgan fingerprint density at radius 3 is 3.00 bits per heavy atom. The van der Waals surface area contributed by atoms with Crippen LogP contribution in [0.25, 0.3) is 0 Å². The van der Waals surface area contributed by atoms with Gasteiger partial charge in [0.25, 0.3) is 0 Å². The number of ketones is 1. The number of Topliss-reactive ketones (excluding diaryl/α,β-unsaturated/α-hetero) is 1. The summed E-state index contributed by atoms with van der Waals surface area (Å²) in [5, 5.41) is 2.98. The van der Waals surface area contributed by atoms with Crippen LogP contribution in [0.3, 0.4) is 0 Å². The lowest BCUT2D eigenvalue weighted by Gasteiger charge is -2.18. The summed E-state index contributed by atoms with van der Waals surface area (Å²) in [6.45, 7) is 1.93. The number of hydrogen-bond acceptors (Lipinski definition) is 5. The maximum absolute atomic E-state index is 11.9. The minimum atomic E-state index is 0.134. The van der Waals surface area contributed by atoms with Gasteiger partial charge in [-0.1, -0.05) is 0 Å². The van der Waals surface area contributed by atoms with E-state index in [2.05, 4.69) is 4.98 Å². The Morgan fingerprint density at radius 2 is 2.43 bits per heavy atom. The molecule has 5 heteroatoms. The molecule has 0 spiro atoms. The van der Waals surface area contributed by atoms with E-state index in [0.717, 1.165) is 16.5 Å². The van der Waals surface area contributed by atoms with Crippen LogP contribution in [-0.4, -0.2) is 33.3 Å². The fourth-order valence-corrected chi connectivity index (χ4v) is 4.50. The van der Waals surface area contributed by atoms with Gasteiger partial charge in [0.15, 0.2) is 5.78 Å². The predicted molar refractivity (Wildman–Crippen MR) is 64.8 cm³/mol. The van der Waals surface area contributed by atoms with Gasteiger partial charge in [0, 0.05) is 22.6 Å². The number of aromatic nitrogens is 1. The summed E-state index contributed by atoms with van der Waals surface area (Å²) >= 11 is 5.19. The van der Waals surface area contributed by atoms with Crippen molar-refractivity contribution in [2.75, 3.05) is 17.3 Å². The maximum Gasteiger partial charge on any atom is 0.195 e. The molecule has 0 bridgehead atoms. The normalized spacial score (nSPS) is 22.2. The van der Waals surface area contributed by atoms with Crippen molar-refractivity contribution < 1.29 is 4.79 Å². The fourth-order valence-electron chi connectivity index (χ4n) is 1.28. The van der Waals surface area contributed by atoms with Gasteiger partial charge in [0.1, 0.15) is 5.69 Å². The minimum Gasteiger partial charge on any atom is -0.291 e. The summed E-state index contributed by atoms with van der Waals surface area (Å²) in [6.07, 6.45) is 0. The Balaban J connectivity index is 2.07. The zero-order chi connectivity index (χ0) is 9.97. The minimum absolute atomic E-state index is 0.134. The molecule has 2 rings (SSSR count). The number of hydrogen-bond donors (Lipinski definition) is 0. The van der Waals surface area contributed by atoms with Gasteiger partial charge in [-0.15, -0.1) is 23.1 Å². The Labute approximate surface area is 95.9 Å². The molecule has 0 aliphatic carbocycles. The van der Waals surface area contributed by atoms with Crippen LogP contribution in [0.2, 0.25) is 0 Å². The Bertz CT molecular complexity index is 331. The number of nitrogens with zero attached hydrogens (tertiary/aromatic N) is 1. The van der Waals surface area contributed by atoms with Crippen molar-refractivity contribution in [3.8, 4) is 0 Å². The van der Waals surface area contributed by atoms with Gasteiger partial charge in [-0.3, -0.25) is 4.79 Å². The Kier molecular flexibility index (Phi) is 3.52. The molecule has 2 nitrogen and oxygen atoms in total. The molecule has 0 N–H and O–H groups in total. The molecule has 2 heterocycles. The van der Waals surface area contributed by atoms with Crippen molar-refractivity contribution in [2.45, 2.75) is 12.2 Å². The van der Waals surface area contributed by atoms with Gasteiger partial charge in [-0.05, 0) is 6.92 Å². The molecule has 76 valence electrons. The first-order valence-corrected chi connectivity index (χ1v) is 7.51. The van der Waals surface area contributed by atoms with Crippen molar-refractivity contribution in [1.29, 1.82) is 0 Å². The summed E-state index contributed by atoms with van der Waals surface area (Å²) in [5.41, 5.74) is 0.660. The van der Waals surface area contributed by atoms with Crippen molar-refractivity contribution in [3.63, 3.8) is 0 Å². The maximum atomic E-state index is 11.9. The van der Waals surface area contributed by atoms with Crippen LogP contribution in [0.15, 0.2) is 5.38 Å². The van der Waals surface area contributed by atoms with Crippen molar-refractivity contribution in [1.82, 2.24) is 4.98 Å². The van der Waals surface area contributed by atoms with Crippen molar-refractivity contribution in [2.24, 2.45) is 0 Å². The zero-order valence-electron chi connectivity index (χ0n) is 7.86. The summed E-state index contributed by atoms with van der Waals surface area (Å²) in [4.78, 5) is 16.2. The molecule has 1 aliphatic heterocycles. The predicted octanol–water partition coefficient (Wildman–Crippen LogP) is 2.48. The van der Waals surface area contributed by atoms with Gasteiger partial charge in [-0.25, -0.2) is 4.98 Å². The van der Waals surface area contributed by atoms with Gasteiger partial charge < -0.3 is 0 Å². The summed E-state index contributed by atoms with van der Waals surface area (Å²) in [5.74, 6) is 3.42. The highest BCUT2D eigenvalue weighted by molar-refractivity contribution is 8.07. The molecule has 0 radical (unpaired) electrons. The second-order valence-corrected chi connectivity index (χ2v) is 6.57. The number of rotatable bonds is 2. The van der Waals surface area contributed by atoms with Gasteiger partial charge >= 0.3 is 0 Å². The summed E-state index contributed by atoms with van der Waals surface area (Å²) in [6, 6.07) is 0. The van der Waals surface area contributed by atoms with Crippen LogP contribution >= 0.6 is 34.9 Å². The van der Waals surface area contributed by atoms with Crippen molar-refractivity contribution in [3.05, 3.63) is 16.1 Å². The highest BCUT2D eigenvalue weighted by atomic mass is 32.2. The molecule has 1 fully saturated rings. The first-order valence-electron chi connectivity index (χ1n) is 4.43. The molecule has 14 heavy (non-hydrogen) atoms. The third-order valence-electron chi connectivity index (χ3n) is 1.98. The molecule has 0 amide bonds. The fraction of sp³-hybridized carbons (Fsp3) is 0.556. The third kappa shape index (κ3) is 2.32. The summed E-state index contributed by atoms with van der Waals surface area (Å²) < 4.78 is 0. The number of carbonyl (C=O) groups is 1. The number of thioether (sulfide) groups is 2. The largest absolute Gasteiger partial charge is 0.291 e. The molecule has 0 saturated carbocycles. The molecule has 1 unspecified atom stereocenters. The number of aryl methyl sites for hydroxylation is 1. The standard InChI is InChI=1S/C9H11NOS3/c1-6-10-7(4-14-6)9(11)8-5-12-2-3-13-8/h4,8H,2-3,5H2,1H3. The average Bonchev–Trinajstić information content (AvgIpc) is 2.65. The third-order valence-corrected chi connectivity index (χ3v) is 5.51. The van der Waals surface area contributed by atoms with E-state index in [0.29, 0.717) is 5.69 Å². The van der Waals surface area contributed by atoms with E-state index in [9.17, 15) is 4.79 Å². The van der Waals surface area contributed by atoms with Crippen LogP contribution in [0.5, 0.6) is 0 Å². The molecule has 1 aliphatic rings. The summed E-state index contributed by atoms with van der Waals surface area (Å²) in [7, 11) is 0. The van der Waals surface area contributed by atoms with Gasteiger partial charge in [0.2, 0.25) is 0 Å². The first kappa shape index (κ1) is 10.5. The lowest BCUT2D eigenvalue weighted by atomic mass is 10.2. The molecule has 1 saturated heterocycles. The molecular weight excluding hydrogens is 234 g/mol. The highest BCUT2D eigenvalue weighted by Gasteiger charge is 2.24. The van der Waals surface area contributed by atoms with Gasteiger partial charge in [-0.2, -0.15) is 11.8 Å². The topological polar surface area (TPSA) is 30.0 Å². The monoisotopic (exact) mass is 245 g/mol. The molecule has 1 aromatic rings. The lowest BCUT2D eigenvalue weighted by molar-refractivity contribution is 0.0991. The molecular formula is C9H11NOS3. The van der Waals surface area contributed by atoms with E-state index in [4.69, 9.17) is 0 Å². The highest BCUT2D eigenvalue weighted by Crippen LogP contribution is 2.27. The smallest absolute Gasteiger partial charge is 0.195 e. The average molecular weight is 245 g/mol. The van der Waals surface area contributed by atoms with E-state index in [1.807, 2.05) is 24.1 Å². The Hall–Kier alpha value is -0.0000000000000000833. The van der Waals surface area contributed by atoms with Crippen LogP contribution < -0.4 is 0 Å². The van der Waals surface area contributed by atoms with E-state index < -0.39 is 0 Å². The quantitative estimate of drug-likeness (QED) is 0.749. The van der Waals surface area contributed by atoms with Crippen LogP contribution in [0.1, 0.15) is 15.5 Å². The zero-order valence-corrected chi connectivity index (χ0v) is 10.3. The molecule has 0 aromatic carbocycles. The number of thiazole rings is 1. The van der Waals surface area contributed by atoms with E-state index in [1.54, 1.807) is 23.1 Å².